The van der Waals surface area contributed by atoms with Crippen molar-refractivity contribution in [3.05, 3.63) is 0 Å². The highest BCUT2D eigenvalue weighted by Crippen LogP contribution is 2.35. The van der Waals surface area contributed by atoms with E-state index in [0.29, 0.717) is 0 Å². The Kier molecular flexibility index (Phi) is 9.52. The summed E-state index contributed by atoms with van der Waals surface area (Å²) in [6.45, 7) is 0. The van der Waals surface area contributed by atoms with E-state index in [-0.39, 0.29) is 0 Å². The van der Waals surface area contributed by atoms with Gasteiger partial charge in [-0.3, -0.25) is 0 Å². The van der Waals surface area contributed by atoms with Gasteiger partial charge in [-0.1, -0.05) is 89.9 Å². The van der Waals surface area contributed by atoms with Crippen molar-refractivity contribution in [2.24, 2.45) is 11.8 Å². The molecule has 2 aliphatic carbocycles. The van der Waals surface area contributed by atoms with Gasteiger partial charge in [-0.15, -0.1) is 0 Å². The first-order valence-corrected chi connectivity index (χ1v) is 8.62. The van der Waals surface area contributed by atoms with Crippen molar-refractivity contribution in [1.29, 1.82) is 0 Å². The van der Waals surface area contributed by atoms with Gasteiger partial charge in [-0.25, -0.2) is 4.79 Å². The van der Waals surface area contributed by atoms with E-state index in [0.717, 1.165) is 11.8 Å². The highest BCUT2D eigenvalue weighted by Gasteiger charge is 2.22. The van der Waals surface area contributed by atoms with E-state index < -0.39 is 6.16 Å². The van der Waals surface area contributed by atoms with Crippen molar-refractivity contribution in [1.82, 2.24) is 0 Å². The molecule has 0 radical (unpaired) electrons. The molecule has 3 heteroatoms. The van der Waals surface area contributed by atoms with Crippen molar-refractivity contribution in [3.63, 3.8) is 0 Å². The van der Waals surface area contributed by atoms with Crippen molar-refractivity contribution < 1.29 is 15.0 Å². The maximum Gasteiger partial charge on any atom is 0.503 e. The summed E-state index contributed by atoms with van der Waals surface area (Å²) >= 11 is 0. The van der Waals surface area contributed by atoms with Crippen molar-refractivity contribution in [3.8, 4) is 0 Å². The molecule has 0 aliphatic heterocycles. The predicted molar refractivity (Wildman–Crippen MR) is 82.3 cm³/mol. The molecule has 0 spiro atoms. The first-order chi connectivity index (χ1) is 9.70. The lowest BCUT2D eigenvalue weighted by molar-refractivity contribution is 0.137. The zero-order valence-corrected chi connectivity index (χ0v) is 12.9. The van der Waals surface area contributed by atoms with Crippen LogP contribution in [0.3, 0.4) is 0 Å². The molecule has 0 atom stereocenters. The molecule has 0 aromatic carbocycles. The number of hydrogen-bond acceptors (Lipinski definition) is 1. The molecule has 0 amide bonds. The summed E-state index contributed by atoms with van der Waals surface area (Å²) in [6, 6.07) is 0. The summed E-state index contributed by atoms with van der Waals surface area (Å²) in [5.41, 5.74) is 0. The molecule has 2 fully saturated rings. The van der Waals surface area contributed by atoms with E-state index in [4.69, 9.17) is 15.0 Å². The van der Waals surface area contributed by atoms with Gasteiger partial charge in [-0.2, -0.15) is 0 Å². The Bertz CT molecular complexity index is 213. The van der Waals surface area contributed by atoms with Crippen LogP contribution in [0.15, 0.2) is 0 Å². The lowest BCUT2D eigenvalue weighted by Gasteiger charge is -2.30. The maximum atomic E-state index is 8.56. The van der Waals surface area contributed by atoms with Crippen molar-refractivity contribution >= 4 is 6.16 Å². The minimum atomic E-state index is -1.83. The van der Waals surface area contributed by atoms with Crippen LogP contribution in [0, 0.1) is 11.8 Å². The van der Waals surface area contributed by atoms with Crippen molar-refractivity contribution in [2.75, 3.05) is 0 Å². The lowest BCUT2D eigenvalue weighted by atomic mass is 9.76. The van der Waals surface area contributed by atoms with E-state index in [1.807, 2.05) is 0 Å². The van der Waals surface area contributed by atoms with Crippen LogP contribution >= 0.6 is 0 Å². The van der Waals surface area contributed by atoms with Gasteiger partial charge in [-0.05, 0) is 11.8 Å². The first-order valence-electron chi connectivity index (χ1n) is 8.62. The van der Waals surface area contributed by atoms with Gasteiger partial charge < -0.3 is 10.2 Å². The molecule has 0 unspecified atom stereocenters. The van der Waals surface area contributed by atoms with Crippen LogP contribution in [0.25, 0.3) is 0 Å². The second-order valence-corrected chi connectivity index (χ2v) is 6.49. The molecule has 2 saturated carbocycles. The second-order valence-electron chi connectivity index (χ2n) is 6.49. The average molecular weight is 284 g/mol. The van der Waals surface area contributed by atoms with Crippen LogP contribution in [0.4, 0.5) is 4.79 Å². The summed E-state index contributed by atoms with van der Waals surface area (Å²) in [4.78, 5) is 8.56. The monoisotopic (exact) mass is 284 g/mol. The third-order valence-corrected chi connectivity index (χ3v) is 4.97. The Morgan fingerprint density at radius 2 is 0.750 bits per heavy atom. The number of hydrogen-bond donors (Lipinski definition) is 2. The summed E-state index contributed by atoms with van der Waals surface area (Å²) < 4.78 is 0. The first kappa shape index (κ1) is 17.3. The normalized spacial score (nSPS) is 23.4. The molecule has 2 rings (SSSR count). The number of carboxylic acid groups (broad SMARTS) is 2. The summed E-state index contributed by atoms with van der Waals surface area (Å²) in [5.74, 6) is 2.22. The molecule has 0 aromatic heterocycles. The van der Waals surface area contributed by atoms with Gasteiger partial charge in [0.15, 0.2) is 0 Å². The predicted octanol–water partition coefficient (Wildman–Crippen LogP) is 5.93. The van der Waals surface area contributed by atoms with E-state index in [1.54, 1.807) is 25.7 Å². The van der Waals surface area contributed by atoms with Gasteiger partial charge >= 0.3 is 6.16 Å². The Morgan fingerprint density at radius 3 is 1.00 bits per heavy atom. The van der Waals surface area contributed by atoms with Crippen molar-refractivity contribution in [2.45, 2.75) is 89.9 Å². The molecule has 0 aromatic rings. The summed E-state index contributed by atoms with van der Waals surface area (Å²) in [7, 11) is 0. The Morgan fingerprint density at radius 1 is 0.550 bits per heavy atom. The fourth-order valence-electron chi connectivity index (χ4n) is 3.92. The maximum absolute atomic E-state index is 8.56. The van der Waals surface area contributed by atoms with Gasteiger partial charge in [0.25, 0.3) is 0 Å². The highest BCUT2D eigenvalue weighted by molar-refractivity contribution is 5.53. The largest absolute Gasteiger partial charge is 0.503 e. The number of rotatable bonds is 1. The van der Waals surface area contributed by atoms with E-state index in [2.05, 4.69) is 0 Å². The van der Waals surface area contributed by atoms with Gasteiger partial charge in [0, 0.05) is 0 Å². The van der Waals surface area contributed by atoms with Gasteiger partial charge in [0.2, 0.25) is 0 Å². The Labute approximate surface area is 123 Å². The quantitative estimate of drug-likeness (QED) is 0.627. The third kappa shape index (κ3) is 8.44. The lowest BCUT2D eigenvalue weighted by Crippen LogP contribution is -2.17. The van der Waals surface area contributed by atoms with Crippen LogP contribution in [0.1, 0.15) is 89.9 Å². The zero-order valence-electron chi connectivity index (χ0n) is 12.9. The van der Waals surface area contributed by atoms with Crippen LogP contribution in [0.2, 0.25) is 0 Å². The van der Waals surface area contributed by atoms with Crippen LogP contribution < -0.4 is 0 Å². The van der Waals surface area contributed by atoms with Gasteiger partial charge in [0.1, 0.15) is 0 Å². The molecular weight excluding hydrogens is 252 g/mol. The second kappa shape index (κ2) is 11.0. The fourth-order valence-corrected chi connectivity index (χ4v) is 3.92. The summed E-state index contributed by atoms with van der Waals surface area (Å²) in [6.07, 6.45) is 19.6. The average Bonchev–Trinajstić information content (AvgIpc) is 2.28. The highest BCUT2D eigenvalue weighted by atomic mass is 16.6. The smallest absolute Gasteiger partial charge is 0.450 e. The number of carbonyl (C=O) groups is 1. The van der Waals surface area contributed by atoms with Crippen LogP contribution in [0.5, 0.6) is 0 Å². The molecule has 2 aliphatic rings. The summed E-state index contributed by atoms with van der Waals surface area (Å²) in [5, 5.41) is 13.9. The van der Waals surface area contributed by atoms with E-state index in [9.17, 15) is 0 Å². The minimum absolute atomic E-state index is 1.11. The third-order valence-electron chi connectivity index (χ3n) is 4.97. The molecule has 20 heavy (non-hydrogen) atoms. The van der Waals surface area contributed by atoms with Gasteiger partial charge in [0.05, 0.1) is 0 Å². The molecule has 3 nitrogen and oxygen atoms in total. The van der Waals surface area contributed by atoms with E-state index in [1.165, 1.54) is 64.2 Å². The topological polar surface area (TPSA) is 57.5 Å². The zero-order chi connectivity index (χ0) is 14.6. The Hall–Kier alpha value is -0.730. The molecular formula is C17H32O3. The van der Waals surface area contributed by atoms with E-state index >= 15 is 0 Å². The molecule has 0 bridgehead atoms. The molecule has 118 valence electrons. The SMILES string of the molecule is C1CCCC(C2CCCCCCC2)CCC1.O=C(O)O. The fraction of sp³-hybridized carbons (Fsp3) is 0.941. The molecule has 0 saturated heterocycles. The standard InChI is InChI=1S/C16H30.CH2O3/c1-3-7-11-15(12-8-4-1)16-13-9-5-2-6-10-14-16;2-1(3)4/h15-16H,1-14H2;(H2,2,3,4). The van der Waals surface area contributed by atoms with Crippen LogP contribution in [-0.4, -0.2) is 16.4 Å². The molecule has 0 heterocycles. The minimum Gasteiger partial charge on any atom is -0.450 e. The van der Waals surface area contributed by atoms with Crippen LogP contribution in [-0.2, 0) is 0 Å². The Balaban J connectivity index is 0.000000444. The molecule has 2 N–H and O–H groups in total.